The number of para-hydroxylation sites is 1. The van der Waals surface area contributed by atoms with Gasteiger partial charge in [0, 0.05) is 17.6 Å². The highest BCUT2D eigenvalue weighted by Gasteiger charge is 2.25. The first-order chi connectivity index (χ1) is 10.4. The number of aliphatic imine (C=N–C) groups is 1. The zero-order valence-corrected chi connectivity index (χ0v) is 13.1. The predicted molar refractivity (Wildman–Crippen MR) is 87.0 cm³/mol. The minimum atomic E-state index is -0.625. The van der Waals surface area contributed by atoms with Gasteiger partial charge in [-0.3, -0.25) is 9.59 Å². The molecule has 1 aromatic rings. The van der Waals surface area contributed by atoms with Crippen LogP contribution in [0.3, 0.4) is 0 Å². The molecule has 1 aliphatic rings. The summed E-state index contributed by atoms with van der Waals surface area (Å²) in [6.45, 7) is 5.20. The van der Waals surface area contributed by atoms with Gasteiger partial charge in [0.05, 0.1) is 17.8 Å². The van der Waals surface area contributed by atoms with E-state index in [0.29, 0.717) is 6.42 Å². The van der Waals surface area contributed by atoms with Crippen LogP contribution in [-0.2, 0) is 9.59 Å². The number of ketones is 1. The van der Waals surface area contributed by atoms with E-state index in [1.807, 2.05) is 38.1 Å². The van der Waals surface area contributed by atoms with E-state index in [1.165, 1.54) is 6.92 Å². The molecule has 0 aromatic heterocycles. The number of nitrogens with zero attached hydrogens (tertiary/aromatic N) is 1. The van der Waals surface area contributed by atoms with E-state index in [4.69, 9.17) is 5.73 Å². The van der Waals surface area contributed by atoms with Crippen molar-refractivity contribution in [2.75, 3.05) is 0 Å². The SMILES string of the molecule is CC(=O)C(CC1=C=Nc2ccccc21)NC(=O)C(N)C(C)C. The summed E-state index contributed by atoms with van der Waals surface area (Å²) in [6, 6.07) is 6.41. The lowest BCUT2D eigenvalue weighted by molar-refractivity contribution is -0.128. The molecule has 5 nitrogen and oxygen atoms in total. The Morgan fingerprint density at radius 3 is 2.64 bits per heavy atom. The molecule has 0 radical (unpaired) electrons. The van der Waals surface area contributed by atoms with Crippen LogP contribution < -0.4 is 11.1 Å². The van der Waals surface area contributed by atoms with Gasteiger partial charge >= 0.3 is 0 Å². The molecule has 1 heterocycles. The summed E-state index contributed by atoms with van der Waals surface area (Å²) in [4.78, 5) is 28.1. The molecule has 0 bridgehead atoms. The Kier molecular flexibility index (Phi) is 4.91. The summed E-state index contributed by atoms with van der Waals surface area (Å²) in [7, 11) is 0. The fraction of sp³-hybridized carbons (Fsp3) is 0.412. The summed E-state index contributed by atoms with van der Waals surface area (Å²) in [5.41, 5.74) is 8.45. The van der Waals surface area contributed by atoms with Crippen LogP contribution in [0.1, 0.15) is 32.8 Å². The first-order valence-electron chi connectivity index (χ1n) is 7.38. The molecule has 116 valence electrons. The van der Waals surface area contributed by atoms with E-state index in [-0.39, 0.29) is 17.6 Å². The average molecular weight is 299 g/mol. The summed E-state index contributed by atoms with van der Waals surface area (Å²) < 4.78 is 0. The number of Topliss-reactive ketones (excluding diaryl/α,β-unsaturated/α-hetero) is 1. The van der Waals surface area contributed by atoms with E-state index in [9.17, 15) is 9.59 Å². The third-order valence-corrected chi connectivity index (χ3v) is 3.78. The second kappa shape index (κ2) is 6.69. The van der Waals surface area contributed by atoms with Crippen LogP contribution in [0.5, 0.6) is 0 Å². The molecule has 0 saturated heterocycles. The molecule has 1 amide bonds. The molecule has 0 fully saturated rings. The van der Waals surface area contributed by atoms with Crippen molar-refractivity contribution in [2.45, 2.75) is 39.3 Å². The Balaban J connectivity index is 2.10. The lowest BCUT2D eigenvalue weighted by atomic mass is 9.97. The van der Waals surface area contributed by atoms with Crippen molar-refractivity contribution >= 4 is 28.8 Å². The first kappa shape index (κ1) is 16.1. The summed E-state index contributed by atoms with van der Waals surface area (Å²) in [6.07, 6.45) is 0.367. The molecular weight excluding hydrogens is 278 g/mol. The molecule has 2 atom stereocenters. The van der Waals surface area contributed by atoms with E-state index >= 15 is 0 Å². The van der Waals surface area contributed by atoms with Crippen molar-refractivity contribution < 1.29 is 9.59 Å². The van der Waals surface area contributed by atoms with Crippen LogP contribution in [-0.4, -0.2) is 29.6 Å². The fourth-order valence-corrected chi connectivity index (χ4v) is 2.24. The normalized spacial score (nSPS) is 15.2. The van der Waals surface area contributed by atoms with E-state index in [0.717, 1.165) is 16.8 Å². The number of carbonyl (C=O) groups excluding carboxylic acids is 2. The van der Waals surface area contributed by atoms with Crippen LogP contribution in [0, 0.1) is 5.92 Å². The van der Waals surface area contributed by atoms with Gasteiger partial charge < -0.3 is 11.1 Å². The van der Waals surface area contributed by atoms with Gasteiger partial charge in [-0.15, -0.1) is 0 Å². The lowest BCUT2D eigenvalue weighted by Gasteiger charge is -2.21. The number of hydrogen-bond donors (Lipinski definition) is 2. The monoisotopic (exact) mass is 299 g/mol. The highest BCUT2D eigenvalue weighted by Crippen LogP contribution is 2.31. The van der Waals surface area contributed by atoms with Crippen molar-refractivity contribution in [3.8, 4) is 0 Å². The maximum atomic E-state index is 12.1. The first-order valence-corrected chi connectivity index (χ1v) is 7.38. The number of nitrogens with one attached hydrogen (secondary N) is 1. The molecule has 2 rings (SSSR count). The maximum absolute atomic E-state index is 12.1. The van der Waals surface area contributed by atoms with Crippen molar-refractivity contribution in [2.24, 2.45) is 16.6 Å². The van der Waals surface area contributed by atoms with Gasteiger partial charge in [-0.2, -0.15) is 0 Å². The van der Waals surface area contributed by atoms with Gasteiger partial charge in [-0.1, -0.05) is 32.0 Å². The van der Waals surface area contributed by atoms with Crippen LogP contribution in [0.15, 0.2) is 29.3 Å². The van der Waals surface area contributed by atoms with Gasteiger partial charge in [0.15, 0.2) is 5.78 Å². The van der Waals surface area contributed by atoms with Gasteiger partial charge in [0.2, 0.25) is 5.91 Å². The third kappa shape index (κ3) is 3.50. The number of fused-ring (bicyclic) bond motifs is 1. The van der Waals surface area contributed by atoms with E-state index < -0.39 is 12.1 Å². The number of nitrogens with two attached hydrogens (primary N) is 1. The molecule has 2 unspecified atom stereocenters. The van der Waals surface area contributed by atoms with Gasteiger partial charge in [0.25, 0.3) is 0 Å². The molecule has 0 spiro atoms. The minimum Gasteiger partial charge on any atom is -0.345 e. The molecule has 0 aliphatic carbocycles. The topological polar surface area (TPSA) is 84.5 Å². The smallest absolute Gasteiger partial charge is 0.237 e. The van der Waals surface area contributed by atoms with Crippen LogP contribution >= 0.6 is 0 Å². The van der Waals surface area contributed by atoms with Crippen molar-refractivity contribution in [3.05, 3.63) is 29.8 Å². The third-order valence-electron chi connectivity index (χ3n) is 3.78. The molecule has 1 aliphatic heterocycles. The Labute approximate surface area is 130 Å². The standard InChI is InChI=1S/C17H21N3O2/c1-10(2)16(18)17(22)20-15(11(3)21)8-12-9-19-14-7-5-4-6-13(12)14/h4-7,10,15-16H,8,18H2,1-3H3,(H,20,22). The van der Waals surface area contributed by atoms with Crippen LogP contribution in [0.4, 0.5) is 5.69 Å². The molecule has 5 heteroatoms. The van der Waals surface area contributed by atoms with E-state index in [2.05, 4.69) is 16.2 Å². The van der Waals surface area contributed by atoms with Crippen LogP contribution in [0.2, 0.25) is 0 Å². The predicted octanol–water partition coefficient (Wildman–Crippen LogP) is 1.83. The largest absolute Gasteiger partial charge is 0.345 e. The zero-order valence-electron chi connectivity index (χ0n) is 13.1. The molecule has 0 saturated carbocycles. The molecule has 3 N–H and O–H groups in total. The van der Waals surface area contributed by atoms with Crippen molar-refractivity contribution in [1.29, 1.82) is 0 Å². The quantitative estimate of drug-likeness (QED) is 0.840. The van der Waals surface area contributed by atoms with Gasteiger partial charge in [-0.25, -0.2) is 4.99 Å². The average Bonchev–Trinajstić information content (AvgIpc) is 2.88. The number of hydrogen-bond acceptors (Lipinski definition) is 4. The number of carbonyl (C=O) groups is 2. The van der Waals surface area contributed by atoms with E-state index in [1.54, 1.807) is 0 Å². The highest BCUT2D eigenvalue weighted by molar-refractivity contribution is 6.01. The van der Waals surface area contributed by atoms with Crippen LogP contribution in [0.25, 0.3) is 5.57 Å². The number of amides is 1. The zero-order chi connectivity index (χ0) is 16.3. The Morgan fingerprint density at radius 2 is 2.00 bits per heavy atom. The molecular formula is C17H21N3O2. The second-order valence-corrected chi connectivity index (χ2v) is 5.87. The van der Waals surface area contributed by atoms with Gasteiger partial charge in [-0.05, 0) is 24.8 Å². The fourth-order valence-electron chi connectivity index (χ4n) is 2.24. The van der Waals surface area contributed by atoms with Crippen molar-refractivity contribution in [1.82, 2.24) is 5.32 Å². The second-order valence-electron chi connectivity index (χ2n) is 5.87. The highest BCUT2D eigenvalue weighted by atomic mass is 16.2. The summed E-state index contributed by atoms with van der Waals surface area (Å²) in [5.74, 6) is 2.54. The summed E-state index contributed by atoms with van der Waals surface area (Å²) >= 11 is 0. The Morgan fingerprint density at radius 1 is 1.32 bits per heavy atom. The summed E-state index contributed by atoms with van der Waals surface area (Å²) in [5, 5.41) is 2.74. The Bertz CT molecular complexity index is 658. The Hall–Kier alpha value is -2.23. The maximum Gasteiger partial charge on any atom is 0.237 e. The number of benzene rings is 1. The number of rotatable bonds is 6. The minimum absolute atomic E-state index is 0.0144. The van der Waals surface area contributed by atoms with Crippen molar-refractivity contribution in [3.63, 3.8) is 0 Å². The molecule has 1 aromatic carbocycles. The van der Waals surface area contributed by atoms with Gasteiger partial charge in [0.1, 0.15) is 0 Å². The lowest BCUT2D eigenvalue weighted by Crippen LogP contribution is -2.49. The molecule has 22 heavy (non-hydrogen) atoms.